The van der Waals surface area contributed by atoms with Crippen molar-refractivity contribution in [3.05, 3.63) is 23.8 Å². The highest BCUT2D eigenvalue weighted by Gasteiger charge is 2.75. The van der Waals surface area contributed by atoms with Crippen LogP contribution in [0.2, 0.25) is 0 Å². The molecule has 0 heterocycles. The van der Waals surface area contributed by atoms with Crippen molar-refractivity contribution in [2.45, 2.75) is 64.4 Å². The van der Waals surface area contributed by atoms with E-state index in [2.05, 4.69) is 26.0 Å². The van der Waals surface area contributed by atoms with Gasteiger partial charge in [-0.1, -0.05) is 26.0 Å². The van der Waals surface area contributed by atoms with Gasteiger partial charge in [-0.25, -0.2) is 0 Å². The molecule has 8 atom stereocenters. The third-order valence-electron chi connectivity index (χ3n) is 9.40. The lowest BCUT2D eigenvalue weighted by atomic mass is 9.47. The fourth-order valence-electron chi connectivity index (χ4n) is 7.89. The zero-order valence-corrected chi connectivity index (χ0v) is 16.3. The number of hydrogen-bond acceptors (Lipinski definition) is 3. The van der Waals surface area contributed by atoms with Gasteiger partial charge in [0.25, 0.3) is 0 Å². The van der Waals surface area contributed by atoms with Crippen LogP contribution < -0.4 is 0 Å². The summed E-state index contributed by atoms with van der Waals surface area (Å²) in [5, 5.41) is 20.9. The largest absolute Gasteiger partial charge is 0.481 e. The van der Waals surface area contributed by atoms with Gasteiger partial charge >= 0.3 is 5.97 Å². The minimum Gasteiger partial charge on any atom is -0.481 e. The van der Waals surface area contributed by atoms with Crippen LogP contribution in [-0.2, 0) is 9.59 Å². The number of hydrogen-bond donors (Lipinski definition) is 2. The molecule has 0 aromatic carbocycles. The van der Waals surface area contributed by atoms with Crippen molar-refractivity contribution in [1.29, 1.82) is 0 Å². The van der Waals surface area contributed by atoms with E-state index in [-0.39, 0.29) is 29.0 Å². The van der Waals surface area contributed by atoms with Crippen LogP contribution in [0.15, 0.2) is 23.8 Å². The van der Waals surface area contributed by atoms with Crippen molar-refractivity contribution in [3.63, 3.8) is 0 Å². The highest BCUT2D eigenvalue weighted by atomic mass is 16.4. The summed E-state index contributed by atoms with van der Waals surface area (Å²) in [6.45, 7) is 4.57. The van der Waals surface area contributed by atoms with Crippen molar-refractivity contribution in [3.8, 4) is 0 Å². The second kappa shape index (κ2) is 5.34. The second-order valence-electron chi connectivity index (χ2n) is 10.3. The van der Waals surface area contributed by atoms with E-state index < -0.39 is 11.6 Å². The number of rotatable bonds is 3. The van der Waals surface area contributed by atoms with Gasteiger partial charge in [0.15, 0.2) is 5.78 Å². The number of aliphatic hydroxyl groups is 1. The summed E-state index contributed by atoms with van der Waals surface area (Å²) < 4.78 is 0. The van der Waals surface area contributed by atoms with Crippen molar-refractivity contribution in [2.24, 2.45) is 40.4 Å². The third-order valence-corrected chi connectivity index (χ3v) is 9.40. The monoisotopic (exact) mass is 370 g/mol. The summed E-state index contributed by atoms with van der Waals surface area (Å²) in [6, 6.07) is 0. The first-order chi connectivity index (χ1) is 12.7. The smallest absolute Gasteiger partial charge is 0.303 e. The lowest BCUT2D eigenvalue weighted by Gasteiger charge is -2.58. The Morgan fingerprint density at radius 2 is 2.04 bits per heavy atom. The van der Waals surface area contributed by atoms with Crippen molar-refractivity contribution < 1.29 is 19.8 Å². The van der Waals surface area contributed by atoms with Gasteiger partial charge in [0, 0.05) is 18.3 Å². The van der Waals surface area contributed by atoms with Gasteiger partial charge in [-0.2, -0.15) is 0 Å². The highest BCUT2D eigenvalue weighted by molar-refractivity contribution is 5.92. The van der Waals surface area contributed by atoms with E-state index in [0.29, 0.717) is 36.5 Å². The second-order valence-corrected chi connectivity index (χ2v) is 10.3. The van der Waals surface area contributed by atoms with Gasteiger partial charge in [0.1, 0.15) is 0 Å². The summed E-state index contributed by atoms with van der Waals surface area (Å²) in [5.41, 5.74) is 0.249. The maximum Gasteiger partial charge on any atom is 0.303 e. The van der Waals surface area contributed by atoms with E-state index in [4.69, 9.17) is 0 Å². The number of carbonyl (C=O) groups excluding carboxylic acids is 1. The molecule has 146 valence electrons. The van der Waals surface area contributed by atoms with Crippen LogP contribution in [0.25, 0.3) is 0 Å². The lowest BCUT2D eigenvalue weighted by molar-refractivity contribution is -0.151. The molecule has 0 unspecified atom stereocenters. The number of ketones is 1. The molecule has 27 heavy (non-hydrogen) atoms. The van der Waals surface area contributed by atoms with Gasteiger partial charge < -0.3 is 10.2 Å². The maximum absolute atomic E-state index is 11.9. The fraction of sp³-hybridized carbons (Fsp3) is 0.739. The predicted molar refractivity (Wildman–Crippen MR) is 101 cm³/mol. The Labute approximate surface area is 160 Å². The van der Waals surface area contributed by atoms with Crippen LogP contribution in [-0.4, -0.2) is 27.6 Å². The standard InChI is InChI=1S/C23H30O4/c1-21-8-5-14(24)11-13(21)3-4-15-17(21)6-9-22(2)20(15)16-12-18(16)23(22,27)10-7-19(25)26/h3-4,11,15-18,20,27H,5-10,12H2,1-2H3,(H,25,26)/t15-,16+,17+,18+,20-,21+,22+,23+/m1/s1. The minimum atomic E-state index is -0.834. The van der Waals surface area contributed by atoms with E-state index in [1.165, 1.54) is 5.57 Å². The van der Waals surface area contributed by atoms with Crippen LogP contribution in [0, 0.1) is 40.4 Å². The molecule has 3 saturated carbocycles. The number of carboxylic acid groups (broad SMARTS) is 1. The number of fused-ring (bicyclic) bond motifs is 7. The molecule has 0 spiro atoms. The molecular formula is C23H30O4. The van der Waals surface area contributed by atoms with E-state index in [1.807, 2.05) is 6.08 Å². The predicted octanol–water partition coefficient (Wildman–Crippen LogP) is 3.75. The summed E-state index contributed by atoms with van der Waals surface area (Å²) >= 11 is 0. The molecule has 0 aromatic heterocycles. The Morgan fingerprint density at radius 1 is 1.26 bits per heavy atom. The van der Waals surface area contributed by atoms with Gasteiger partial charge in [-0.05, 0) is 78.8 Å². The van der Waals surface area contributed by atoms with Crippen LogP contribution in [0.4, 0.5) is 0 Å². The summed E-state index contributed by atoms with van der Waals surface area (Å²) in [7, 11) is 0. The number of allylic oxidation sites excluding steroid dienone is 4. The Balaban J connectivity index is 1.52. The van der Waals surface area contributed by atoms with Crippen LogP contribution in [0.3, 0.4) is 0 Å². The molecule has 4 nitrogen and oxygen atoms in total. The molecule has 0 aliphatic heterocycles. The summed E-state index contributed by atoms with van der Waals surface area (Å²) in [5.74, 6) is 1.65. The minimum absolute atomic E-state index is 0.0542. The first-order valence-corrected chi connectivity index (χ1v) is 10.6. The zero-order valence-electron chi connectivity index (χ0n) is 16.3. The highest BCUT2D eigenvalue weighted by Crippen LogP contribution is 2.76. The molecule has 5 rings (SSSR count). The van der Waals surface area contributed by atoms with Crippen molar-refractivity contribution >= 4 is 11.8 Å². The Bertz CT molecular complexity index is 781. The number of carbonyl (C=O) groups is 2. The molecular weight excluding hydrogens is 340 g/mol. The van der Waals surface area contributed by atoms with E-state index in [9.17, 15) is 19.8 Å². The molecule has 0 radical (unpaired) electrons. The first-order valence-electron chi connectivity index (χ1n) is 10.6. The average molecular weight is 370 g/mol. The molecule has 5 aliphatic carbocycles. The lowest BCUT2D eigenvalue weighted by Crippen LogP contribution is -2.56. The van der Waals surface area contributed by atoms with Crippen LogP contribution in [0.1, 0.15) is 58.8 Å². The summed E-state index contributed by atoms with van der Waals surface area (Å²) in [4.78, 5) is 23.1. The molecule has 0 bridgehead atoms. The number of aliphatic carboxylic acids is 1. The van der Waals surface area contributed by atoms with E-state index >= 15 is 0 Å². The van der Waals surface area contributed by atoms with Crippen LogP contribution in [0.5, 0.6) is 0 Å². The molecule has 2 N–H and O–H groups in total. The van der Waals surface area contributed by atoms with Gasteiger partial charge in [0.2, 0.25) is 0 Å². The molecule has 4 heteroatoms. The van der Waals surface area contributed by atoms with E-state index in [0.717, 1.165) is 25.7 Å². The maximum atomic E-state index is 11.9. The molecule has 0 amide bonds. The summed E-state index contributed by atoms with van der Waals surface area (Å²) in [6.07, 6.45) is 11.5. The average Bonchev–Trinajstić information content (AvgIpc) is 3.37. The Hall–Kier alpha value is -1.42. The molecule has 5 aliphatic rings. The third kappa shape index (κ3) is 2.14. The Kier molecular flexibility index (Phi) is 3.49. The van der Waals surface area contributed by atoms with Crippen molar-refractivity contribution in [2.75, 3.05) is 0 Å². The first kappa shape index (κ1) is 17.7. The molecule has 3 fully saturated rings. The van der Waals surface area contributed by atoms with E-state index in [1.54, 1.807) is 0 Å². The van der Waals surface area contributed by atoms with Gasteiger partial charge in [0.05, 0.1) is 5.60 Å². The molecule has 0 saturated heterocycles. The Morgan fingerprint density at radius 3 is 2.78 bits per heavy atom. The number of carboxylic acids is 1. The van der Waals surface area contributed by atoms with Crippen LogP contribution >= 0.6 is 0 Å². The topological polar surface area (TPSA) is 74.6 Å². The fourth-order valence-corrected chi connectivity index (χ4v) is 7.89. The van der Waals surface area contributed by atoms with Gasteiger partial charge in [-0.15, -0.1) is 0 Å². The SMILES string of the molecule is C[C@]12CCC(=O)C=C1C=C[C@H]1[C@@H]3[C@H]4C[C@@H]4[C@@](O)(CCC(=O)O)[C@@]3(C)CC[C@@H]12. The molecule has 0 aromatic rings. The van der Waals surface area contributed by atoms with Gasteiger partial charge in [-0.3, -0.25) is 9.59 Å². The van der Waals surface area contributed by atoms with Crippen molar-refractivity contribution in [1.82, 2.24) is 0 Å². The zero-order chi connectivity index (χ0) is 19.2. The normalized spacial score (nSPS) is 52.3. The quantitative estimate of drug-likeness (QED) is 0.793.